The second kappa shape index (κ2) is 7.54. The lowest BCUT2D eigenvalue weighted by Gasteiger charge is -2.24. The zero-order valence-corrected chi connectivity index (χ0v) is 11.5. The Morgan fingerprint density at radius 1 is 1.35 bits per heavy atom. The number of hydrogen-bond acceptors (Lipinski definition) is 2. The van der Waals surface area contributed by atoms with Gasteiger partial charge < -0.3 is 15.4 Å². The lowest BCUT2D eigenvalue weighted by atomic mass is 10.0. The number of guanidine groups is 1. The average Bonchev–Trinajstić information content (AvgIpc) is 2.76. The number of nitrogens with one attached hydrogen (secondary N) is 2. The van der Waals surface area contributed by atoms with Gasteiger partial charge in [-0.3, -0.25) is 4.99 Å². The highest BCUT2D eigenvalue weighted by Crippen LogP contribution is 2.23. The monoisotopic (exact) mass is 241 g/mol. The molecule has 1 fully saturated rings. The van der Waals surface area contributed by atoms with Crippen LogP contribution in [0.15, 0.2) is 4.99 Å². The van der Waals surface area contributed by atoms with Gasteiger partial charge in [0.25, 0.3) is 0 Å². The van der Waals surface area contributed by atoms with Crippen molar-refractivity contribution in [3.8, 4) is 0 Å². The van der Waals surface area contributed by atoms with Crippen molar-refractivity contribution >= 4 is 5.96 Å². The summed E-state index contributed by atoms with van der Waals surface area (Å²) >= 11 is 0. The third kappa shape index (κ3) is 5.39. The molecule has 0 bridgehead atoms. The van der Waals surface area contributed by atoms with Crippen LogP contribution in [0.3, 0.4) is 0 Å². The second-order valence-corrected chi connectivity index (χ2v) is 4.96. The minimum atomic E-state index is -0.0129. The molecule has 1 unspecified atom stereocenters. The lowest BCUT2D eigenvalue weighted by Crippen LogP contribution is -2.45. The molecule has 100 valence electrons. The quantitative estimate of drug-likeness (QED) is 0.424. The predicted octanol–water partition coefficient (Wildman–Crippen LogP) is 1.91. The molecule has 4 heteroatoms. The number of hydrogen-bond donors (Lipinski definition) is 2. The molecule has 1 rings (SSSR count). The molecule has 0 aliphatic carbocycles. The second-order valence-electron chi connectivity index (χ2n) is 4.96. The summed E-state index contributed by atoms with van der Waals surface area (Å²) in [6.07, 6.45) is 6.02. The van der Waals surface area contributed by atoms with Crippen LogP contribution in [0.1, 0.15) is 46.0 Å². The summed E-state index contributed by atoms with van der Waals surface area (Å²) in [6.45, 7) is 7.09. The van der Waals surface area contributed by atoms with Crippen LogP contribution in [0.2, 0.25) is 0 Å². The number of unbranched alkanes of at least 4 members (excludes halogenated alkanes) is 2. The molecule has 0 aromatic rings. The van der Waals surface area contributed by atoms with Gasteiger partial charge in [-0.15, -0.1) is 0 Å². The molecule has 0 spiro atoms. The van der Waals surface area contributed by atoms with Crippen molar-refractivity contribution in [3.63, 3.8) is 0 Å². The Kier molecular flexibility index (Phi) is 6.34. The predicted molar refractivity (Wildman–Crippen MR) is 72.5 cm³/mol. The third-order valence-corrected chi connectivity index (χ3v) is 3.23. The Hall–Kier alpha value is -0.770. The van der Waals surface area contributed by atoms with Crippen molar-refractivity contribution in [3.05, 3.63) is 0 Å². The van der Waals surface area contributed by atoms with Gasteiger partial charge in [-0.2, -0.15) is 0 Å². The molecule has 1 heterocycles. The summed E-state index contributed by atoms with van der Waals surface area (Å²) in [6, 6.07) is 0. The van der Waals surface area contributed by atoms with Crippen LogP contribution in [0.4, 0.5) is 0 Å². The van der Waals surface area contributed by atoms with E-state index in [9.17, 15) is 0 Å². The van der Waals surface area contributed by atoms with Crippen molar-refractivity contribution in [2.24, 2.45) is 4.99 Å². The fraction of sp³-hybridized carbons (Fsp3) is 0.923. The largest absolute Gasteiger partial charge is 0.373 e. The highest BCUT2D eigenvalue weighted by atomic mass is 16.5. The zero-order chi connectivity index (χ0) is 12.6. The Morgan fingerprint density at radius 2 is 2.18 bits per heavy atom. The van der Waals surface area contributed by atoms with Crippen LogP contribution in [0, 0.1) is 0 Å². The van der Waals surface area contributed by atoms with Gasteiger partial charge in [0, 0.05) is 26.7 Å². The summed E-state index contributed by atoms with van der Waals surface area (Å²) in [5, 5.41) is 6.67. The van der Waals surface area contributed by atoms with Crippen molar-refractivity contribution in [2.75, 3.05) is 26.7 Å². The minimum Gasteiger partial charge on any atom is -0.373 e. The zero-order valence-electron chi connectivity index (χ0n) is 11.5. The molecule has 2 N–H and O–H groups in total. The topological polar surface area (TPSA) is 45.7 Å². The number of rotatable bonds is 6. The molecule has 0 aromatic heterocycles. The van der Waals surface area contributed by atoms with Crippen molar-refractivity contribution in [2.45, 2.75) is 51.6 Å². The van der Waals surface area contributed by atoms with Crippen molar-refractivity contribution in [1.82, 2.24) is 10.6 Å². The molecule has 17 heavy (non-hydrogen) atoms. The molecule has 1 aliphatic heterocycles. The SMILES string of the molecule is CCCCCNC(=NC)NCC1(C)CCCO1. The molecule has 0 amide bonds. The van der Waals surface area contributed by atoms with E-state index >= 15 is 0 Å². The fourth-order valence-electron chi connectivity index (χ4n) is 2.05. The molecular weight excluding hydrogens is 214 g/mol. The first-order chi connectivity index (χ1) is 8.20. The standard InChI is InChI=1S/C13H27N3O/c1-4-5-6-9-15-12(14-3)16-11-13(2)8-7-10-17-13/h4-11H2,1-3H3,(H2,14,15,16). The first-order valence-corrected chi connectivity index (χ1v) is 6.78. The Bertz CT molecular complexity index is 235. The normalized spacial score (nSPS) is 25.0. The molecule has 0 aromatic carbocycles. The minimum absolute atomic E-state index is 0.0129. The Labute approximate surface area is 105 Å². The summed E-state index contributed by atoms with van der Waals surface area (Å²) in [7, 11) is 1.81. The molecular formula is C13H27N3O. The maximum atomic E-state index is 5.73. The van der Waals surface area contributed by atoms with E-state index in [1.165, 1.54) is 25.7 Å². The molecule has 1 atom stereocenters. The molecule has 0 saturated carbocycles. The van der Waals surface area contributed by atoms with Gasteiger partial charge in [-0.05, 0) is 26.2 Å². The van der Waals surface area contributed by atoms with Crippen molar-refractivity contribution < 1.29 is 4.74 Å². The van der Waals surface area contributed by atoms with E-state index in [1.807, 2.05) is 7.05 Å². The fourth-order valence-corrected chi connectivity index (χ4v) is 2.05. The van der Waals surface area contributed by atoms with Crippen LogP contribution in [-0.4, -0.2) is 38.3 Å². The highest BCUT2D eigenvalue weighted by molar-refractivity contribution is 5.79. The van der Waals surface area contributed by atoms with Crippen LogP contribution >= 0.6 is 0 Å². The van der Waals surface area contributed by atoms with E-state index in [4.69, 9.17) is 4.74 Å². The van der Waals surface area contributed by atoms with Crippen LogP contribution in [0.25, 0.3) is 0 Å². The van der Waals surface area contributed by atoms with Crippen LogP contribution in [-0.2, 0) is 4.74 Å². The Morgan fingerprint density at radius 3 is 2.76 bits per heavy atom. The number of nitrogens with zero attached hydrogens (tertiary/aromatic N) is 1. The lowest BCUT2D eigenvalue weighted by molar-refractivity contribution is 0.0243. The van der Waals surface area contributed by atoms with Gasteiger partial charge >= 0.3 is 0 Å². The molecule has 4 nitrogen and oxygen atoms in total. The van der Waals surface area contributed by atoms with Crippen LogP contribution in [0.5, 0.6) is 0 Å². The highest BCUT2D eigenvalue weighted by Gasteiger charge is 2.29. The maximum Gasteiger partial charge on any atom is 0.191 e. The average molecular weight is 241 g/mol. The number of ether oxygens (including phenoxy) is 1. The van der Waals surface area contributed by atoms with Crippen LogP contribution < -0.4 is 10.6 Å². The van der Waals surface area contributed by atoms with E-state index in [1.54, 1.807) is 0 Å². The van der Waals surface area contributed by atoms with Gasteiger partial charge in [0.1, 0.15) is 0 Å². The van der Waals surface area contributed by atoms with Gasteiger partial charge in [-0.1, -0.05) is 19.8 Å². The van der Waals surface area contributed by atoms with Gasteiger partial charge in [0.05, 0.1) is 5.60 Å². The first-order valence-electron chi connectivity index (χ1n) is 6.78. The van der Waals surface area contributed by atoms with E-state index in [0.29, 0.717) is 0 Å². The van der Waals surface area contributed by atoms with E-state index in [0.717, 1.165) is 32.1 Å². The van der Waals surface area contributed by atoms with E-state index in [2.05, 4.69) is 29.5 Å². The van der Waals surface area contributed by atoms with E-state index in [-0.39, 0.29) is 5.60 Å². The summed E-state index contributed by atoms with van der Waals surface area (Å²) in [4.78, 5) is 4.22. The van der Waals surface area contributed by atoms with Crippen molar-refractivity contribution in [1.29, 1.82) is 0 Å². The number of aliphatic imine (C=N–C) groups is 1. The summed E-state index contributed by atoms with van der Waals surface area (Å²) in [5.74, 6) is 0.887. The third-order valence-electron chi connectivity index (χ3n) is 3.23. The van der Waals surface area contributed by atoms with Gasteiger partial charge in [0.15, 0.2) is 5.96 Å². The Balaban J connectivity index is 2.18. The smallest absolute Gasteiger partial charge is 0.191 e. The molecule has 1 saturated heterocycles. The molecule has 0 radical (unpaired) electrons. The van der Waals surface area contributed by atoms with Gasteiger partial charge in [0.2, 0.25) is 0 Å². The summed E-state index contributed by atoms with van der Waals surface area (Å²) in [5.41, 5.74) is -0.0129. The summed E-state index contributed by atoms with van der Waals surface area (Å²) < 4.78 is 5.73. The molecule has 1 aliphatic rings. The first kappa shape index (κ1) is 14.3. The maximum absolute atomic E-state index is 5.73. The van der Waals surface area contributed by atoms with E-state index < -0.39 is 0 Å². The van der Waals surface area contributed by atoms with Gasteiger partial charge in [-0.25, -0.2) is 0 Å².